The number of amides is 1. The number of hydrazone groups is 1. The predicted molar refractivity (Wildman–Crippen MR) is 140 cm³/mol. The van der Waals surface area contributed by atoms with Crippen LogP contribution in [-0.4, -0.2) is 45.1 Å². The van der Waals surface area contributed by atoms with Crippen molar-refractivity contribution in [1.82, 2.24) is 9.73 Å². The number of methoxy groups -OCH3 is 2. The minimum absolute atomic E-state index is 0.00794. The number of rotatable bonds is 12. The first kappa shape index (κ1) is 26.9. The van der Waals surface area contributed by atoms with Crippen molar-refractivity contribution < 1.29 is 22.7 Å². The maximum Gasteiger partial charge on any atom is 0.255 e. The lowest BCUT2D eigenvalue weighted by Crippen LogP contribution is -2.39. The van der Waals surface area contributed by atoms with Crippen LogP contribution < -0.4 is 14.9 Å². The van der Waals surface area contributed by atoms with E-state index in [1.54, 1.807) is 12.1 Å². The van der Waals surface area contributed by atoms with Crippen molar-refractivity contribution in [2.45, 2.75) is 31.2 Å². The van der Waals surface area contributed by atoms with Crippen LogP contribution in [0.3, 0.4) is 0 Å². The van der Waals surface area contributed by atoms with Gasteiger partial charge in [0.2, 0.25) is 10.0 Å². The Balaban J connectivity index is 1.76. The van der Waals surface area contributed by atoms with Crippen LogP contribution in [0.25, 0.3) is 0 Å². The van der Waals surface area contributed by atoms with Gasteiger partial charge in [-0.15, -0.1) is 0 Å². The number of carbonyl (C=O) groups is 1. The number of hydrogen-bond donors (Lipinski definition) is 1. The molecule has 0 atom stereocenters. The second-order valence-electron chi connectivity index (χ2n) is 8.14. The molecular weight excluding hydrogens is 478 g/mol. The number of benzene rings is 3. The van der Waals surface area contributed by atoms with Crippen LogP contribution in [-0.2, 0) is 27.8 Å². The Labute approximate surface area is 212 Å². The highest BCUT2D eigenvalue weighted by Gasteiger charge is 2.28. The lowest BCUT2D eigenvalue weighted by molar-refractivity contribution is -0.121. The van der Waals surface area contributed by atoms with Gasteiger partial charge in [0.1, 0.15) is 0 Å². The van der Waals surface area contributed by atoms with Crippen LogP contribution in [0.5, 0.6) is 11.5 Å². The molecule has 0 saturated heterocycles. The molecule has 0 heterocycles. The summed E-state index contributed by atoms with van der Waals surface area (Å²) in [6, 6.07) is 23.4. The molecule has 3 aromatic carbocycles. The highest BCUT2D eigenvalue weighted by atomic mass is 32.2. The molecule has 0 unspecified atom stereocenters. The molecule has 8 nitrogen and oxygen atoms in total. The topological polar surface area (TPSA) is 97.3 Å². The average Bonchev–Trinajstić information content (AvgIpc) is 2.91. The van der Waals surface area contributed by atoms with E-state index >= 15 is 0 Å². The Morgan fingerprint density at radius 1 is 0.889 bits per heavy atom. The smallest absolute Gasteiger partial charge is 0.255 e. The van der Waals surface area contributed by atoms with E-state index in [4.69, 9.17) is 9.47 Å². The lowest BCUT2D eigenvalue weighted by atomic mass is 10.1. The van der Waals surface area contributed by atoms with Crippen LogP contribution in [0.4, 0.5) is 0 Å². The molecule has 0 fully saturated rings. The van der Waals surface area contributed by atoms with Crippen LogP contribution in [0.1, 0.15) is 24.5 Å². The summed E-state index contributed by atoms with van der Waals surface area (Å²) in [5, 5.41) is 4.16. The monoisotopic (exact) mass is 509 g/mol. The number of nitrogens with one attached hydrogen (secondary N) is 1. The largest absolute Gasteiger partial charge is 0.493 e. The van der Waals surface area contributed by atoms with Gasteiger partial charge in [-0.2, -0.15) is 9.41 Å². The van der Waals surface area contributed by atoms with E-state index in [0.29, 0.717) is 12.2 Å². The van der Waals surface area contributed by atoms with E-state index in [1.165, 1.54) is 38.0 Å². The molecule has 0 aliphatic heterocycles. The summed E-state index contributed by atoms with van der Waals surface area (Å²) in [6.45, 7) is 1.44. The fraction of sp³-hybridized carbons (Fsp3) is 0.259. The van der Waals surface area contributed by atoms with Gasteiger partial charge < -0.3 is 9.47 Å². The molecule has 0 aliphatic rings. The summed E-state index contributed by atoms with van der Waals surface area (Å²) >= 11 is 0. The summed E-state index contributed by atoms with van der Waals surface area (Å²) in [4.78, 5) is 12.7. The zero-order valence-electron chi connectivity index (χ0n) is 20.7. The predicted octanol–water partition coefficient (Wildman–Crippen LogP) is 4.02. The van der Waals surface area contributed by atoms with Crippen molar-refractivity contribution in [2.24, 2.45) is 5.10 Å². The Morgan fingerprint density at radius 2 is 1.50 bits per heavy atom. The SMILES string of the molecule is COc1ccc(S(=O)(=O)N(CC(=O)NN=C(C)CCc2ccccc2)Cc2ccccc2)cc1OC. The van der Waals surface area contributed by atoms with Crippen LogP contribution >= 0.6 is 0 Å². The number of sulfonamides is 1. The molecule has 9 heteroatoms. The molecule has 3 aromatic rings. The van der Waals surface area contributed by atoms with E-state index in [1.807, 2.05) is 55.5 Å². The van der Waals surface area contributed by atoms with Gasteiger partial charge in [0.25, 0.3) is 5.91 Å². The second kappa shape index (κ2) is 12.9. The Morgan fingerprint density at radius 3 is 2.11 bits per heavy atom. The highest BCUT2D eigenvalue weighted by Crippen LogP contribution is 2.31. The standard InChI is InChI=1S/C27H31N3O5S/c1-21(14-15-22-10-6-4-7-11-22)28-29-27(31)20-30(19-23-12-8-5-9-13-23)36(32,33)24-16-17-25(34-2)26(18-24)35-3/h4-13,16-18H,14-15,19-20H2,1-3H3,(H,29,31). The molecule has 0 radical (unpaired) electrons. The molecular formula is C27H31N3O5S. The average molecular weight is 510 g/mol. The van der Waals surface area contributed by atoms with Crippen molar-refractivity contribution in [2.75, 3.05) is 20.8 Å². The quantitative estimate of drug-likeness (QED) is 0.294. The number of hydrogen-bond acceptors (Lipinski definition) is 6. The normalized spacial score (nSPS) is 11.8. The summed E-state index contributed by atoms with van der Waals surface area (Å²) in [7, 11) is -1.14. The number of carbonyl (C=O) groups excluding carboxylic acids is 1. The number of nitrogens with zero attached hydrogens (tertiary/aromatic N) is 2. The van der Waals surface area contributed by atoms with Gasteiger partial charge in [0.05, 0.1) is 25.7 Å². The molecule has 36 heavy (non-hydrogen) atoms. The van der Waals surface area contributed by atoms with E-state index < -0.39 is 22.5 Å². The maximum atomic E-state index is 13.6. The molecule has 0 bridgehead atoms. The first-order valence-electron chi connectivity index (χ1n) is 11.5. The molecule has 0 saturated carbocycles. The van der Waals surface area contributed by atoms with E-state index in [9.17, 15) is 13.2 Å². The van der Waals surface area contributed by atoms with Gasteiger partial charge in [-0.1, -0.05) is 60.7 Å². The number of aryl methyl sites for hydroxylation is 1. The first-order valence-corrected chi connectivity index (χ1v) is 12.9. The van der Waals surface area contributed by atoms with Crippen molar-refractivity contribution >= 4 is 21.6 Å². The summed E-state index contributed by atoms with van der Waals surface area (Å²) in [5.74, 6) is 0.152. The van der Waals surface area contributed by atoms with Gasteiger partial charge in [-0.3, -0.25) is 4.79 Å². The Bertz CT molecular complexity index is 1280. The van der Waals surface area contributed by atoms with Gasteiger partial charge in [0, 0.05) is 18.3 Å². The summed E-state index contributed by atoms with van der Waals surface area (Å²) < 4.78 is 38.7. The minimum Gasteiger partial charge on any atom is -0.493 e. The Kier molecular flexibility index (Phi) is 9.61. The third kappa shape index (κ3) is 7.40. The second-order valence-corrected chi connectivity index (χ2v) is 10.1. The van der Waals surface area contributed by atoms with E-state index in [-0.39, 0.29) is 17.2 Å². The zero-order valence-corrected chi connectivity index (χ0v) is 21.5. The summed E-state index contributed by atoms with van der Waals surface area (Å²) in [5.41, 5.74) is 5.16. The Hall–Kier alpha value is -3.69. The lowest BCUT2D eigenvalue weighted by Gasteiger charge is -2.22. The van der Waals surface area contributed by atoms with Gasteiger partial charge in [-0.05, 0) is 43.0 Å². The van der Waals surface area contributed by atoms with Crippen LogP contribution in [0.2, 0.25) is 0 Å². The van der Waals surface area contributed by atoms with Gasteiger partial charge >= 0.3 is 0 Å². The van der Waals surface area contributed by atoms with E-state index in [2.05, 4.69) is 10.5 Å². The highest BCUT2D eigenvalue weighted by molar-refractivity contribution is 7.89. The molecule has 3 rings (SSSR count). The molecule has 0 aliphatic carbocycles. The van der Waals surface area contributed by atoms with E-state index in [0.717, 1.165) is 22.0 Å². The fourth-order valence-corrected chi connectivity index (χ4v) is 4.92. The van der Waals surface area contributed by atoms with Crippen molar-refractivity contribution in [3.63, 3.8) is 0 Å². The van der Waals surface area contributed by atoms with Crippen LogP contribution in [0, 0.1) is 0 Å². The zero-order chi connectivity index (χ0) is 26.0. The van der Waals surface area contributed by atoms with Crippen molar-refractivity contribution in [3.05, 3.63) is 90.0 Å². The van der Waals surface area contributed by atoms with Crippen molar-refractivity contribution in [1.29, 1.82) is 0 Å². The van der Waals surface area contributed by atoms with Crippen molar-refractivity contribution in [3.8, 4) is 11.5 Å². The third-order valence-electron chi connectivity index (χ3n) is 5.50. The number of ether oxygens (including phenoxy) is 2. The molecule has 1 N–H and O–H groups in total. The molecule has 0 aromatic heterocycles. The molecule has 0 spiro atoms. The summed E-state index contributed by atoms with van der Waals surface area (Å²) in [6.07, 6.45) is 1.46. The third-order valence-corrected chi connectivity index (χ3v) is 7.29. The van der Waals surface area contributed by atoms with Gasteiger partial charge in [0.15, 0.2) is 11.5 Å². The molecule has 190 valence electrons. The molecule has 1 amide bonds. The van der Waals surface area contributed by atoms with Gasteiger partial charge in [-0.25, -0.2) is 13.8 Å². The first-order chi connectivity index (χ1) is 17.3. The minimum atomic E-state index is -4.05. The fourth-order valence-electron chi connectivity index (χ4n) is 3.52. The maximum absolute atomic E-state index is 13.6. The van der Waals surface area contributed by atoms with Crippen LogP contribution in [0.15, 0.2) is 88.9 Å².